The number of aromatic nitrogens is 1. The summed E-state index contributed by atoms with van der Waals surface area (Å²) in [6.07, 6.45) is 0. The van der Waals surface area contributed by atoms with E-state index in [1.807, 2.05) is 13.0 Å². The van der Waals surface area contributed by atoms with Crippen molar-refractivity contribution in [3.8, 4) is 0 Å². The molecule has 6 heteroatoms. The number of halogens is 2. The van der Waals surface area contributed by atoms with Gasteiger partial charge in [-0.25, -0.2) is 4.98 Å². The minimum Gasteiger partial charge on any atom is -0.373 e. The zero-order chi connectivity index (χ0) is 14.7. The quantitative estimate of drug-likeness (QED) is 0.901. The standard InChI is InChI=1S/C14H13Cl2N3O/c1-8-3-4-9(7-11(8)16)18-14(20)13-10(15)5-6-12(17-2)19-13/h3-7H,1-2H3,(H,17,19)(H,18,20). The van der Waals surface area contributed by atoms with E-state index >= 15 is 0 Å². The molecule has 0 aliphatic rings. The fourth-order valence-corrected chi connectivity index (χ4v) is 1.97. The summed E-state index contributed by atoms with van der Waals surface area (Å²) in [4.78, 5) is 16.3. The number of hydrogen-bond acceptors (Lipinski definition) is 3. The topological polar surface area (TPSA) is 54.0 Å². The molecule has 1 aromatic carbocycles. The number of carbonyl (C=O) groups excluding carboxylic acids is 1. The van der Waals surface area contributed by atoms with E-state index in [0.717, 1.165) is 5.56 Å². The fraction of sp³-hybridized carbons (Fsp3) is 0.143. The van der Waals surface area contributed by atoms with Gasteiger partial charge in [0.1, 0.15) is 11.5 Å². The molecule has 0 radical (unpaired) electrons. The molecule has 1 heterocycles. The van der Waals surface area contributed by atoms with Crippen LogP contribution in [0, 0.1) is 6.92 Å². The molecule has 1 amide bonds. The van der Waals surface area contributed by atoms with Crippen LogP contribution in [0.15, 0.2) is 30.3 Å². The molecule has 0 bridgehead atoms. The van der Waals surface area contributed by atoms with E-state index in [1.165, 1.54) is 0 Å². The van der Waals surface area contributed by atoms with Gasteiger partial charge in [-0.3, -0.25) is 4.79 Å². The predicted molar refractivity (Wildman–Crippen MR) is 82.9 cm³/mol. The van der Waals surface area contributed by atoms with Crippen molar-refractivity contribution in [1.82, 2.24) is 4.98 Å². The maximum atomic E-state index is 12.2. The van der Waals surface area contributed by atoms with Crippen LogP contribution in [0.4, 0.5) is 11.5 Å². The molecular formula is C14H13Cl2N3O. The Morgan fingerprint density at radius 1 is 1.15 bits per heavy atom. The molecule has 0 spiro atoms. The molecule has 0 aliphatic carbocycles. The van der Waals surface area contributed by atoms with Crippen LogP contribution in [0.2, 0.25) is 10.0 Å². The van der Waals surface area contributed by atoms with E-state index < -0.39 is 0 Å². The largest absolute Gasteiger partial charge is 0.373 e. The van der Waals surface area contributed by atoms with Gasteiger partial charge in [-0.2, -0.15) is 0 Å². The number of aryl methyl sites for hydroxylation is 1. The Bertz CT molecular complexity index is 659. The molecule has 20 heavy (non-hydrogen) atoms. The number of nitrogens with zero attached hydrogens (tertiary/aromatic N) is 1. The van der Waals surface area contributed by atoms with Gasteiger partial charge in [-0.05, 0) is 36.8 Å². The number of amides is 1. The number of rotatable bonds is 3. The van der Waals surface area contributed by atoms with Crippen LogP contribution in [0.3, 0.4) is 0 Å². The summed E-state index contributed by atoms with van der Waals surface area (Å²) in [7, 11) is 1.72. The number of hydrogen-bond donors (Lipinski definition) is 2. The minimum atomic E-state index is -0.382. The Morgan fingerprint density at radius 2 is 1.90 bits per heavy atom. The van der Waals surface area contributed by atoms with Gasteiger partial charge >= 0.3 is 0 Å². The fourth-order valence-electron chi connectivity index (χ4n) is 1.60. The summed E-state index contributed by atoms with van der Waals surface area (Å²) in [5, 5.41) is 6.46. The van der Waals surface area contributed by atoms with E-state index in [2.05, 4.69) is 15.6 Å². The van der Waals surface area contributed by atoms with E-state index in [1.54, 1.807) is 31.3 Å². The SMILES string of the molecule is CNc1ccc(Cl)c(C(=O)Nc2ccc(C)c(Cl)c2)n1. The first-order valence-corrected chi connectivity index (χ1v) is 6.68. The molecule has 2 N–H and O–H groups in total. The smallest absolute Gasteiger partial charge is 0.275 e. The average Bonchev–Trinajstić information content (AvgIpc) is 2.43. The molecule has 0 aliphatic heterocycles. The first-order chi connectivity index (χ1) is 9.51. The number of pyridine rings is 1. The van der Waals surface area contributed by atoms with Crippen molar-refractivity contribution in [3.63, 3.8) is 0 Å². The summed E-state index contributed by atoms with van der Waals surface area (Å²) in [5.74, 6) is 0.188. The van der Waals surface area contributed by atoms with E-state index in [0.29, 0.717) is 21.6 Å². The lowest BCUT2D eigenvalue weighted by Crippen LogP contribution is -2.15. The molecule has 0 atom stereocenters. The first kappa shape index (κ1) is 14.6. The Morgan fingerprint density at radius 3 is 2.55 bits per heavy atom. The molecule has 4 nitrogen and oxygen atoms in total. The lowest BCUT2D eigenvalue weighted by molar-refractivity contribution is 0.102. The second-order valence-corrected chi connectivity index (χ2v) is 5.01. The van der Waals surface area contributed by atoms with E-state index in [-0.39, 0.29) is 11.6 Å². The van der Waals surface area contributed by atoms with Crippen LogP contribution >= 0.6 is 23.2 Å². The van der Waals surface area contributed by atoms with E-state index in [9.17, 15) is 4.79 Å². The van der Waals surface area contributed by atoms with Crippen LogP contribution in [0.25, 0.3) is 0 Å². The van der Waals surface area contributed by atoms with Crippen molar-refractivity contribution in [2.24, 2.45) is 0 Å². The van der Waals surface area contributed by atoms with Crippen LogP contribution in [0.5, 0.6) is 0 Å². The highest BCUT2D eigenvalue weighted by molar-refractivity contribution is 6.34. The minimum absolute atomic E-state index is 0.162. The van der Waals surface area contributed by atoms with Crippen molar-refractivity contribution >= 4 is 40.6 Å². The van der Waals surface area contributed by atoms with Gasteiger partial charge < -0.3 is 10.6 Å². The molecule has 1 aromatic heterocycles. The average molecular weight is 310 g/mol. The molecule has 2 aromatic rings. The highest BCUT2D eigenvalue weighted by Crippen LogP contribution is 2.22. The third-order valence-electron chi connectivity index (χ3n) is 2.75. The Hall–Kier alpha value is -1.78. The highest BCUT2D eigenvalue weighted by atomic mass is 35.5. The monoisotopic (exact) mass is 309 g/mol. The van der Waals surface area contributed by atoms with Gasteiger partial charge in [0.25, 0.3) is 5.91 Å². The van der Waals surface area contributed by atoms with E-state index in [4.69, 9.17) is 23.2 Å². The lowest BCUT2D eigenvalue weighted by atomic mass is 10.2. The maximum absolute atomic E-state index is 12.2. The number of nitrogens with one attached hydrogen (secondary N) is 2. The van der Waals surface area contributed by atoms with Gasteiger partial charge in [0.2, 0.25) is 0 Å². The molecule has 2 rings (SSSR count). The second kappa shape index (κ2) is 6.11. The first-order valence-electron chi connectivity index (χ1n) is 5.93. The normalized spacial score (nSPS) is 10.2. The van der Waals surface area contributed by atoms with Crippen molar-refractivity contribution in [2.75, 3.05) is 17.7 Å². The van der Waals surface area contributed by atoms with Gasteiger partial charge in [-0.15, -0.1) is 0 Å². The lowest BCUT2D eigenvalue weighted by Gasteiger charge is -2.09. The molecular weight excluding hydrogens is 297 g/mol. The van der Waals surface area contributed by atoms with Crippen molar-refractivity contribution < 1.29 is 4.79 Å². The third-order valence-corrected chi connectivity index (χ3v) is 3.46. The van der Waals surface area contributed by atoms with Crippen molar-refractivity contribution in [2.45, 2.75) is 6.92 Å². The van der Waals surface area contributed by atoms with Gasteiger partial charge in [0.05, 0.1) is 5.02 Å². The van der Waals surface area contributed by atoms with Crippen LogP contribution < -0.4 is 10.6 Å². The molecule has 0 unspecified atom stereocenters. The van der Waals surface area contributed by atoms with Crippen LogP contribution in [0.1, 0.15) is 16.1 Å². The van der Waals surface area contributed by atoms with Crippen LogP contribution in [-0.4, -0.2) is 17.9 Å². The summed E-state index contributed by atoms with van der Waals surface area (Å²) < 4.78 is 0. The number of anilines is 2. The summed E-state index contributed by atoms with van der Waals surface area (Å²) >= 11 is 12.0. The second-order valence-electron chi connectivity index (χ2n) is 4.20. The summed E-state index contributed by atoms with van der Waals surface area (Å²) in [6, 6.07) is 8.61. The summed E-state index contributed by atoms with van der Waals surface area (Å²) in [5.41, 5.74) is 1.70. The molecule has 104 valence electrons. The van der Waals surface area contributed by atoms with Gasteiger partial charge in [-0.1, -0.05) is 29.3 Å². The van der Waals surface area contributed by atoms with Crippen LogP contribution in [-0.2, 0) is 0 Å². The number of carbonyl (C=O) groups is 1. The van der Waals surface area contributed by atoms with Crippen molar-refractivity contribution in [1.29, 1.82) is 0 Å². The Kier molecular flexibility index (Phi) is 4.47. The third kappa shape index (κ3) is 3.21. The highest BCUT2D eigenvalue weighted by Gasteiger charge is 2.13. The zero-order valence-corrected chi connectivity index (χ0v) is 12.5. The maximum Gasteiger partial charge on any atom is 0.275 e. The molecule has 0 saturated carbocycles. The number of benzene rings is 1. The predicted octanol–water partition coefficient (Wildman–Crippen LogP) is 3.99. The van der Waals surface area contributed by atoms with Gasteiger partial charge in [0, 0.05) is 17.8 Å². The summed E-state index contributed by atoms with van der Waals surface area (Å²) in [6.45, 7) is 1.89. The zero-order valence-electron chi connectivity index (χ0n) is 11.0. The molecule has 0 fully saturated rings. The van der Waals surface area contributed by atoms with Gasteiger partial charge in [0.15, 0.2) is 0 Å². The van der Waals surface area contributed by atoms with Crippen molar-refractivity contribution in [3.05, 3.63) is 51.6 Å². The Labute approximate surface area is 127 Å². The Balaban J connectivity index is 2.25. The molecule has 0 saturated heterocycles.